The number of aromatic hydroxyl groups is 6. The van der Waals surface area contributed by atoms with Crippen LogP contribution < -0.4 is 51.4 Å². The fraction of sp³-hybridized carbons (Fsp3) is 0.194. The number of fused-ring (bicyclic) bond motifs is 14. The molecule has 27 nitrogen and oxygen atoms in total. The van der Waals surface area contributed by atoms with Gasteiger partial charge in [0, 0.05) is 35.2 Å². The average molecular weight is 1220 g/mol. The van der Waals surface area contributed by atoms with Crippen LogP contribution in [0.15, 0.2) is 121 Å². The van der Waals surface area contributed by atoms with Crippen LogP contribution in [-0.2, 0) is 43.1 Å². The number of ether oxygens (including phenoxy) is 4. The first-order valence-electron chi connectivity index (χ1n) is 27.1. The molecule has 7 aromatic rings. The molecule has 0 aromatic heterocycles. The number of hydrogen-bond donors (Lipinski definition) is 15. The van der Waals surface area contributed by atoms with E-state index in [1.54, 1.807) is 0 Å². The molecular weight excluding hydrogens is 1160 g/mol. The van der Waals surface area contributed by atoms with Gasteiger partial charge in [-0.05, 0) is 119 Å². The van der Waals surface area contributed by atoms with E-state index in [1.165, 1.54) is 73.7 Å². The van der Waals surface area contributed by atoms with E-state index in [0.29, 0.717) is 0 Å². The Morgan fingerprint density at radius 1 is 0.472 bits per heavy atom. The van der Waals surface area contributed by atoms with Crippen molar-refractivity contribution in [2.24, 2.45) is 0 Å². The molecule has 6 aliphatic heterocycles. The van der Waals surface area contributed by atoms with Crippen LogP contribution in [0.3, 0.4) is 0 Å². The van der Waals surface area contributed by atoms with E-state index in [4.69, 9.17) is 18.9 Å². The first-order valence-corrected chi connectivity index (χ1v) is 27.1. The second-order valence-electron chi connectivity index (χ2n) is 21.2. The van der Waals surface area contributed by atoms with Crippen molar-refractivity contribution in [2.75, 3.05) is 7.11 Å². The Balaban J connectivity index is 1.14. The molecule has 0 fully saturated rings. The summed E-state index contributed by atoms with van der Waals surface area (Å²) in [5.74, 6) is -14.9. The van der Waals surface area contributed by atoms with E-state index >= 15 is 19.2 Å². The normalized spacial score (nSPS) is 22.3. The number of amides is 7. The topological polar surface area (TPSA) is 420 Å². The lowest BCUT2D eigenvalue weighted by Crippen LogP contribution is -2.56. The van der Waals surface area contributed by atoms with Gasteiger partial charge in [0.15, 0.2) is 29.0 Å². The van der Waals surface area contributed by atoms with Gasteiger partial charge in [0.25, 0.3) is 0 Å². The van der Waals surface area contributed by atoms with Crippen LogP contribution in [0.1, 0.15) is 93.8 Å². The minimum Gasteiger partial charge on any atom is -0.508 e. The molecule has 0 radical (unpaired) electrons. The molecule has 0 aliphatic carbocycles. The zero-order valence-electron chi connectivity index (χ0n) is 46.7. The second kappa shape index (κ2) is 23.4. The smallest absolute Gasteiger partial charge is 0.333 e. The van der Waals surface area contributed by atoms with Gasteiger partial charge < -0.3 is 97.0 Å². The highest BCUT2D eigenvalue weighted by atomic mass is 16.5. The molecule has 0 saturated carbocycles. The summed E-state index contributed by atoms with van der Waals surface area (Å²) in [6.07, 6.45) is -4.01. The van der Waals surface area contributed by atoms with Gasteiger partial charge in [-0.1, -0.05) is 36.4 Å². The third-order valence-electron chi connectivity index (χ3n) is 15.4. The maximum Gasteiger partial charge on any atom is 0.333 e. The minimum atomic E-state index is -2.17. The number of esters is 1. The van der Waals surface area contributed by atoms with Crippen molar-refractivity contribution >= 4 is 47.3 Å². The number of phenols is 6. The van der Waals surface area contributed by atoms with Crippen molar-refractivity contribution in [1.82, 2.24) is 37.2 Å². The molecule has 27 heteroatoms. The van der Waals surface area contributed by atoms with Crippen molar-refractivity contribution in [3.63, 3.8) is 0 Å². The summed E-state index contributed by atoms with van der Waals surface area (Å²) in [5, 5.41) is 110. The fourth-order valence-electron chi connectivity index (χ4n) is 10.7. The van der Waals surface area contributed by atoms with E-state index in [-0.39, 0.29) is 73.1 Å². The summed E-state index contributed by atoms with van der Waals surface area (Å²) in [5.41, 5.74) is -2.02. The first kappa shape index (κ1) is 59.2. The second-order valence-corrected chi connectivity index (χ2v) is 21.2. The number of aliphatic hydroxyl groups excluding tert-OH is 2. The molecule has 7 amide bonds. The highest BCUT2D eigenvalue weighted by Gasteiger charge is 2.42. The predicted molar refractivity (Wildman–Crippen MR) is 305 cm³/mol. The van der Waals surface area contributed by atoms with Crippen LogP contribution in [0.5, 0.6) is 69.0 Å². The molecule has 15 N–H and O–H groups in total. The van der Waals surface area contributed by atoms with Gasteiger partial charge in [0.1, 0.15) is 88.7 Å². The Morgan fingerprint density at radius 3 is 1.54 bits per heavy atom. The lowest BCUT2D eigenvalue weighted by atomic mass is 9.89. The molecule has 17 bridgehead atoms. The van der Waals surface area contributed by atoms with E-state index < -0.39 is 153 Å². The number of carbonyl (C=O) groups is 8. The standard InChI is InChI=1S/C62H53N7O20/c1-24-39(74)17-30-19-41(24)89-42-18-29(9-15-38(42)73)46(63-25(2)70)56(79)68-51-53(76)26-4-10-33(11-5-26)87-43-20-31-21-44(55(43)78)88-34-12-6-27(7-13-34)54(77)52-61(84)67-50(62(85)86-3)36-22-32(71)23-40(75)45(36)35-16-28(8-14-37(35)72)47(57(80)69-52)64-59(82)49(31)65-58(81)48(30)66-60(51)83/h4-23,46-54,71-78H,1-3H3,(H,63,70)(H,64,82)(H,65,81)(H,66,83)(H,67,84)(H,68,79)(H,69,80)/t46-,47+,48-,49+,50-,51+,52?,53+,54?/m0/s1. The molecule has 456 valence electrons. The number of rotatable bonds is 2. The van der Waals surface area contributed by atoms with Crippen LogP contribution >= 0.6 is 0 Å². The summed E-state index contributed by atoms with van der Waals surface area (Å²) >= 11 is 0. The monoisotopic (exact) mass is 1220 g/mol. The summed E-state index contributed by atoms with van der Waals surface area (Å²) in [6.45, 7) is 2.51. The maximum atomic E-state index is 15.8. The highest BCUT2D eigenvalue weighted by molar-refractivity contribution is 6.00. The van der Waals surface area contributed by atoms with Crippen LogP contribution in [0.2, 0.25) is 0 Å². The van der Waals surface area contributed by atoms with Crippen molar-refractivity contribution in [3.8, 4) is 80.1 Å². The van der Waals surface area contributed by atoms with E-state index in [2.05, 4.69) is 37.2 Å². The summed E-state index contributed by atoms with van der Waals surface area (Å²) < 4.78 is 23.6. The van der Waals surface area contributed by atoms with Crippen LogP contribution in [-0.4, -0.2) is 107 Å². The molecule has 0 spiro atoms. The van der Waals surface area contributed by atoms with Gasteiger partial charge in [-0.2, -0.15) is 0 Å². The molecule has 6 aliphatic rings. The van der Waals surface area contributed by atoms with Gasteiger partial charge >= 0.3 is 5.97 Å². The van der Waals surface area contributed by atoms with Crippen molar-refractivity contribution in [2.45, 2.75) is 68.3 Å². The molecular formula is C62H53N7O20. The number of nitrogens with one attached hydrogen (secondary N) is 7. The molecule has 9 atom stereocenters. The number of phenolic OH excluding ortho intramolecular Hbond substituents is 6. The maximum absolute atomic E-state index is 15.8. The largest absolute Gasteiger partial charge is 0.508 e. The predicted octanol–water partition coefficient (Wildman–Crippen LogP) is 3.74. The van der Waals surface area contributed by atoms with Gasteiger partial charge in [0.05, 0.1) is 7.11 Å². The Morgan fingerprint density at radius 2 is 0.955 bits per heavy atom. The number of hydrogen-bond acceptors (Lipinski definition) is 20. The molecule has 13 rings (SSSR count). The first-order chi connectivity index (χ1) is 42.4. The van der Waals surface area contributed by atoms with Crippen molar-refractivity contribution in [3.05, 3.63) is 166 Å². The molecule has 89 heavy (non-hydrogen) atoms. The zero-order chi connectivity index (χ0) is 63.4. The molecule has 0 saturated heterocycles. The van der Waals surface area contributed by atoms with Gasteiger partial charge in [-0.15, -0.1) is 0 Å². The number of benzene rings is 7. The lowest BCUT2D eigenvalue weighted by molar-refractivity contribution is -0.146. The van der Waals surface area contributed by atoms with Crippen LogP contribution in [0.25, 0.3) is 11.1 Å². The van der Waals surface area contributed by atoms with Crippen LogP contribution in [0.4, 0.5) is 0 Å². The zero-order valence-corrected chi connectivity index (χ0v) is 46.7. The van der Waals surface area contributed by atoms with E-state index in [0.717, 1.165) is 68.6 Å². The molecule has 6 heterocycles. The summed E-state index contributed by atoms with van der Waals surface area (Å²) in [4.78, 5) is 117. The van der Waals surface area contributed by atoms with Crippen molar-refractivity contribution < 1.29 is 98.2 Å². The fourth-order valence-corrected chi connectivity index (χ4v) is 10.7. The third-order valence-corrected chi connectivity index (χ3v) is 15.4. The quantitative estimate of drug-likeness (QED) is 0.110. The Kier molecular flexibility index (Phi) is 15.5. The van der Waals surface area contributed by atoms with Crippen molar-refractivity contribution in [1.29, 1.82) is 0 Å². The SMILES string of the molecule is COC(=O)[C@H]1NC(=O)C2NC(=O)[C@H](NC(=O)[C@@H]3NC(=O)[C@H]4NC(=O)[C@H](NC(=O)[C@@H](NC(C)=O)c5ccc(O)c(c5)Oc5cc4cc(O)c5C)[C@H](O)c4ccc(cc4)Oc4cc3cc(c4O)Oc3ccc(cc3)C2O)c2ccc(O)c(c2)-c2c(O)cc(O)cc21. The van der Waals surface area contributed by atoms with Gasteiger partial charge in [-0.3, -0.25) is 33.6 Å². The van der Waals surface area contributed by atoms with Crippen LogP contribution in [0, 0.1) is 6.92 Å². The van der Waals surface area contributed by atoms with E-state index in [9.17, 15) is 60.0 Å². The Labute approximate surface area is 502 Å². The Bertz CT molecular complexity index is 4120. The molecule has 7 aromatic carbocycles. The van der Waals surface area contributed by atoms with Gasteiger partial charge in [0.2, 0.25) is 47.1 Å². The summed E-state index contributed by atoms with van der Waals surface area (Å²) in [7, 11) is 0.970. The number of methoxy groups -OCH3 is 1. The lowest BCUT2D eigenvalue weighted by Gasteiger charge is -2.31. The average Bonchev–Trinajstić information content (AvgIpc) is 1.69. The number of aliphatic hydroxyl groups is 2. The van der Waals surface area contributed by atoms with E-state index in [1.807, 2.05) is 0 Å². The van der Waals surface area contributed by atoms with Gasteiger partial charge in [-0.25, -0.2) is 4.79 Å². The third kappa shape index (κ3) is 11.4. The summed E-state index contributed by atoms with van der Waals surface area (Å²) in [6, 6.07) is 9.52. The Hall–Kier alpha value is -11.6. The highest BCUT2D eigenvalue weighted by Crippen LogP contribution is 2.47. The molecule has 2 unspecified atom stereocenters. The number of carbonyl (C=O) groups excluding carboxylic acids is 8. The minimum absolute atomic E-state index is 0.00857.